The Kier molecular flexibility index (Phi) is 59.9. The zero-order valence-corrected chi connectivity index (χ0v) is 58.8. The number of phosphoric acid groups is 2. The minimum absolute atomic E-state index is 0.103. The maximum absolute atomic E-state index is 13.0. The molecule has 17 nitrogen and oxygen atoms in total. The first kappa shape index (κ1) is 86.1. The van der Waals surface area contributed by atoms with Crippen molar-refractivity contribution in [2.45, 2.75) is 368 Å². The van der Waals surface area contributed by atoms with Gasteiger partial charge in [0.25, 0.3) is 0 Å². The molecule has 0 aliphatic heterocycles. The average Bonchev–Trinajstić information content (AvgIpc) is 3.68. The molecule has 0 heterocycles. The van der Waals surface area contributed by atoms with E-state index in [1.807, 2.05) is 0 Å². The van der Waals surface area contributed by atoms with E-state index in [-0.39, 0.29) is 25.7 Å². The van der Waals surface area contributed by atoms with E-state index in [1.165, 1.54) is 154 Å². The van der Waals surface area contributed by atoms with E-state index in [1.54, 1.807) is 0 Å². The molecule has 19 heteroatoms. The SMILES string of the molecule is CCCCCCCCCCCCCCCCCCCC(=O)O[C@H](COC(=O)CCCCCCCCCCCCC(C)CC)COP(=O)(O)OC[C@@H](O)COP(=O)(O)OC[C@@H](COC(=O)CCCCCCCCC)OC(=O)CCCCCCCCC(C)CC. The number of carbonyl (C=O) groups is 4. The van der Waals surface area contributed by atoms with Crippen LogP contribution in [0.2, 0.25) is 0 Å². The number of aliphatic hydroxyl groups is 1. The summed E-state index contributed by atoms with van der Waals surface area (Å²) in [6.45, 7) is 9.48. The van der Waals surface area contributed by atoms with E-state index in [0.29, 0.717) is 25.7 Å². The number of rotatable bonds is 68. The second kappa shape index (κ2) is 61.3. The van der Waals surface area contributed by atoms with Crippen molar-refractivity contribution in [2.75, 3.05) is 39.6 Å². The molecule has 0 saturated carbocycles. The quantitative estimate of drug-likeness (QED) is 0.0222. The van der Waals surface area contributed by atoms with E-state index in [2.05, 4.69) is 41.5 Å². The molecule has 0 aromatic heterocycles. The van der Waals surface area contributed by atoms with Crippen molar-refractivity contribution in [3.05, 3.63) is 0 Å². The van der Waals surface area contributed by atoms with E-state index in [0.717, 1.165) is 115 Å². The number of ether oxygens (including phenoxy) is 4. The summed E-state index contributed by atoms with van der Waals surface area (Å²) in [5, 5.41) is 10.6. The van der Waals surface area contributed by atoms with Crippen LogP contribution in [0.15, 0.2) is 0 Å². The summed E-state index contributed by atoms with van der Waals surface area (Å²) in [6.07, 6.45) is 45.9. The number of hydrogen-bond donors (Lipinski definition) is 3. The van der Waals surface area contributed by atoms with Gasteiger partial charge in [-0.1, -0.05) is 298 Å². The van der Waals surface area contributed by atoms with Crippen LogP contribution < -0.4 is 0 Å². The van der Waals surface area contributed by atoms with Gasteiger partial charge in [0.2, 0.25) is 0 Å². The number of aliphatic hydroxyl groups excluding tert-OH is 1. The molecule has 0 rings (SSSR count). The van der Waals surface area contributed by atoms with Gasteiger partial charge >= 0.3 is 39.5 Å². The van der Waals surface area contributed by atoms with E-state index in [4.69, 9.17) is 37.0 Å². The third-order valence-electron chi connectivity index (χ3n) is 16.7. The highest BCUT2D eigenvalue weighted by Gasteiger charge is 2.30. The zero-order valence-electron chi connectivity index (χ0n) is 57.0. The van der Waals surface area contributed by atoms with Crippen molar-refractivity contribution in [1.82, 2.24) is 0 Å². The molecule has 3 N–H and O–H groups in total. The number of hydrogen-bond acceptors (Lipinski definition) is 15. The number of esters is 4. The average molecular weight is 1300 g/mol. The van der Waals surface area contributed by atoms with Crippen LogP contribution in [0.25, 0.3) is 0 Å². The van der Waals surface area contributed by atoms with Crippen LogP contribution in [-0.4, -0.2) is 96.7 Å². The minimum Gasteiger partial charge on any atom is -0.462 e. The predicted molar refractivity (Wildman–Crippen MR) is 354 cm³/mol. The summed E-state index contributed by atoms with van der Waals surface area (Å²) < 4.78 is 68.1. The fraction of sp³-hybridized carbons (Fsp3) is 0.942. The lowest BCUT2D eigenvalue weighted by molar-refractivity contribution is -0.161. The topological polar surface area (TPSA) is 237 Å². The van der Waals surface area contributed by atoms with Crippen molar-refractivity contribution in [2.24, 2.45) is 11.8 Å². The Labute approximate surface area is 537 Å². The fourth-order valence-electron chi connectivity index (χ4n) is 10.4. The maximum atomic E-state index is 13.0. The van der Waals surface area contributed by atoms with Gasteiger partial charge in [0.05, 0.1) is 26.4 Å². The first-order valence-corrected chi connectivity index (χ1v) is 39.1. The lowest BCUT2D eigenvalue weighted by Gasteiger charge is -2.21. The fourth-order valence-corrected chi connectivity index (χ4v) is 11.9. The van der Waals surface area contributed by atoms with Crippen molar-refractivity contribution >= 4 is 39.5 Å². The maximum Gasteiger partial charge on any atom is 0.472 e. The van der Waals surface area contributed by atoms with Crippen LogP contribution in [0.1, 0.15) is 350 Å². The lowest BCUT2D eigenvalue weighted by Crippen LogP contribution is -2.30. The number of carbonyl (C=O) groups excluding carboxylic acids is 4. The molecule has 0 radical (unpaired) electrons. The number of phosphoric ester groups is 2. The molecule has 88 heavy (non-hydrogen) atoms. The molecular formula is C69H134O17P2. The third-order valence-corrected chi connectivity index (χ3v) is 18.6. The molecule has 0 saturated heterocycles. The van der Waals surface area contributed by atoms with Crippen LogP contribution in [-0.2, 0) is 65.4 Å². The van der Waals surface area contributed by atoms with Crippen molar-refractivity contribution in [1.29, 1.82) is 0 Å². The van der Waals surface area contributed by atoms with Gasteiger partial charge < -0.3 is 33.8 Å². The zero-order chi connectivity index (χ0) is 65.0. The molecule has 0 fully saturated rings. The van der Waals surface area contributed by atoms with Crippen molar-refractivity contribution in [3.8, 4) is 0 Å². The Morgan fingerprint density at radius 1 is 0.318 bits per heavy atom. The largest absolute Gasteiger partial charge is 0.472 e. The Balaban J connectivity index is 5.21. The molecule has 0 spiro atoms. The van der Waals surface area contributed by atoms with Gasteiger partial charge in [-0.2, -0.15) is 0 Å². The molecule has 4 unspecified atom stereocenters. The summed E-state index contributed by atoms with van der Waals surface area (Å²) >= 11 is 0. The molecule has 522 valence electrons. The summed E-state index contributed by atoms with van der Waals surface area (Å²) in [4.78, 5) is 72.3. The highest BCUT2D eigenvalue weighted by molar-refractivity contribution is 7.47. The Morgan fingerprint density at radius 2 is 0.545 bits per heavy atom. The molecular weight excluding hydrogens is 1160 g/mol. The Hall–Kier alpha value is -1.94. The van der Waals surface area contributed by atoms with Crippen LogP contribution in [0.3, 0.4) is 0 Å². The van der Waals surface area contributed by atoms with Gasteiger partial charge in [-0.25, -0.2) is 9.13 Å². The van der Waals surface area contributed by atoms with Gasteiger partial charge in [-0.05, 0) is 37.5 Å². The van der Waals surface area contributed by atoms with E-state index in [9.17, 15) is 43.2 Å². The van der Waals surface area contributed by atoms with Crippen molar-refractivity contribution < 1.29 is 80.2 Å². The van der Waals surface area contributed by atoms with Gasteiger partial charge in [-0.3, -0.25) is 37.3 Å². The van der Waals surface area contributed by atoms with E-state index >= 15 is 0 Å². The van der Waals surface area contributed by atoms with Gasteiger partial charge in [-0.15, -0.1) is 0 Å². The first-order chi connectivity index (χ1) is 42.4. The molecule has 0 aromatic carbocycles. The minimum atomic E-state index is -4.95. The first-order valence-electron chi connectivity index (χ1n) is 36.1. The smallest absolute Gasteiger partial charge is 0.462 e. The van der Waals surface area contributed by atoms with Crippen molar-refractivity contribution in [3.63, 3.8) is 0 Å². The second-order valence-corrected chi connectivity index (χ2v) is 28.3. The lowest BCUT2D eigenvalue weighted by atomic mass is 9.99. The summed E-state index contributed by atoms with van der Waals surface area (Å²) in [6, 6.07) is 0. The summed E-state index contributed by atoms with van der Waals surface area (Å²) in [7, 11) is -9.89. The molecule has 0 amide bonds. The summed E-state index contributed by atoms with van der Waals surface area (Å²) in [5.41, 5.74) is 0. The molecule has 0 aliphatic carbocycles. The normalized spacial score (nSPS) is 14.8. The molecule has 0 aromatic rings. The highest BCUT2D eigenvalue weighted by atomic mass is 31.2. The molecule has 0 bridgehead atoms. The monoisotopic (exact) mass is 1300 g/mol. The van der Waals surface area contributed by atoms with Crippen LogP contribution in [0.4, 0.5) is 0 Å². The van der Waals surface area contributed by atoms with Gasteiger partial charge in [0.1, 0.15) is 19.3 Å². The Morgan fingerprint density at radius 3 is 0.807 bits per heavy atom. The van der Waals surface area contributed by atoms with Crippen LogP contribution in [0, 0.1) is 11.8 Å². The molecule has 7 atom stereocenters. The van der Waals surface area contributed by atoms with Crippen LogP contribution >= 0.6 is 15.6 Å². The standard InChI is InChI=1S/C69H134O17P2/c1-7-11-13-15-17-18-19-20-21-22-23-24-25-30-34-41-47-53-68(73)85-64(58-80-67(72)52-46-40-33-29-27-26-28-32-37-43-49-61(5)9-3)59-83-87(75,76)81-55-63(70)56-82-88(77,78)84-60-65(57-79-66(71)51-45-39-31-16-14-12-8-2)86-69(74)54-48-42-36-35-38-44-50-62(6)10-4/h61-65,70H,7-60H2,1-6H3,(H,75,76)(H,77,78)/t61?,62?,63-,64-,65-/m1/s1. The third kappa shape index (κ3) is 60.3. The highest BCUT2D eigenvalue weighted by Crippen LogP contribution is 2.45. The van der Waals surface area contributed by atoms with E-state index < -0.39 is 97.5 Å². The predicted octanol–water partition coefficient (Wildman–Crippen LogP) is 19.6. The van der Waals surface area contributed by atoms with Gasteiger partial charge in [0, 0.05) is 25.7 Å². The molecule has 0 aliphatic rings. The Bertz CT molecular complexity index is 1720. The summed E-state index contributed by atoms with van der Waals surface area (Å²) in [5.74, 6) is -0.602. The second-order valence-electron chi connectivity index (χ2n) is 25.4. The van der Waals surface area contributed by atoms with Gasteiger partial charge in [0.15, 0.2) is 12.2 Å². The number of unbranched alkanes of at least 4 members (excludes halogenated alkanes) is 36. The van der Waals surface area contributed by atoms with Crippen LogP contribution in [0.5, 0.6) is 0 Å².